The average Bonchev–Trinajstić information content (AvgIpc) is 2.71. The van der Waals surface area contributed by atoms with E-state index in [4.69, 9.17) is 10.5 Å². The molecule has 2 rings (SSSR count). The lowest BCUT2D eigenvalue weighted by Gasteiger charge is -2.32. The minimum atomic E-state index is 0.251. The van der Waals surface area contributed by atoms with Crippen molar-refractivity contribution >= 4 is 11.3 Å². The van der Waals surface area contributed by atoms with Crippen LogP contribution >= 0.6 is 11.3 Å². The molecule has 1 fully saturated rings. The third kappa shape index (κ3) is 2.33. The number of morpholine rings is 1. The van der Waals surface area contributed by atoms with Crippen LogP contribution in [0.3, 0.4) is 0 Å². The average molecular weight is 212 g/mol. The van der Waals surface area contributed by atoms with Gasteiger partial charge in [0.05, 0.1) is 12.7 Å². The number of hydrogen-bond donors (Lipinski definition) is 1. The van der Waals surface area contributed by atoms with Crippen LogP contribution in [0.4, 0.5) is 0 Å². The van der Waals surface area contributed by atoms with Gasteiger partial charge < -0.3 is 10.5 Å². The second-order valence-corrected chi connectivity index (χ2v) is 4.29. The Hall–Kier alpha value is -0.420. The van der Waals surface area contributed by atoms with E-state index in [0.717, 1.165) is 32.8 Å². The molecule has 3 nitrogen and oxygen atoms in total. The highest BCUT2D eigenvalue weighted by Crippen LogP contribution is 2.23. The van der Waals surface area contributed by atoms with E-state index in [0.29, 0.717) is 0 Å². The number of ether oxygens (including phenoxy) is 1. The fourth-order valence-corrected chi connectivity index (χ4v) is 2.45. The van der Waals surface area contributed by atoms with E-state index in [1.54, 1.807) is 11.3 Å². The Morgan fingerprint density at radius 3 is 3.29 bits per heavy atom. The van der Waals surface area contributed by atoms with E-state index in [1.165, 1.54) is 5.56 Å². The van der Waals surface area contributed by atoms with Crippen LogP contribution in [0.15, 0.2) is 16.8 Å². The molecular formula is C10H16N2OS. The first-order valence-corrected chi connectivity index (χ1v) is 5.90. The Labute approximate surface area is 88.5 Å². The summed E-state index contributed by atoms with van der Waals surface area (Å²) in [6, 6.07) is 2.14. The highest BCUT2D eigenvalue weighted by Gasteiger charge is 2.21. The molecule has 0 aliphatic carbocycles. The van der Waals surface area contributed by atoms with Gasteiger partial charge in [0.15, 0.2) is 0 Å². The van der Waals surface area contributed by atoms with Crippen LogP contribution < -0.4 is 5.73 Å². The standard InChI is InChI=1S/C10H16N2OS/c11-2-3-12-4-5-13-10(7-12)9-1-6-14-8-9/h1,6,8,10H,2-5,7,11H2. The van der Waals surface area contributed by atoms with Crippen LogP contribution in [0.5, 0.6) is 0 Å². The molecule has 1 aliphatic heterocycles. The number of rotatable bonds is 3. The van der Waals surface area contributed by atoms with Gasteiger partial charge in [0.25, 0.3) is 0 Å². The minimum absolute atomic E-state index is 0.251. The summed E-state index contributed by atoms with van der Waals surface area (Å²) in [6.45, 7) is 4.52. The van der Waals surface area contributed by atoms with E-state index < -0.39 is 0 Å². The zero-order chi connectivity index (χ0) is 9.80. The molecule has 1 unspecified atom stereocenters. The van der Waals surface area contributed by atoms with Crippen LogP contribution in [-0.2, 0) is 4.74 Å². The maximum Gasteiger partial charge on any atom is 0.0960 e. The van der Waals surface area contributed by atoms with Gasteiger partial charge in [-0.2, -0.15) is 11.3 Å². The van der Waals surface area contributed by atoms with Gasteiger partial charge in [-0.3, -0.25) is 4.90 Å². The van der Waals surface area contributed by atoms with Crippen molar-refractivity contribution in [3.05, 3.63) is 22.4 Å². The number of thiophene rings is 1. The molecule has 4 heteroatoms. The van der Waals surface area contributed by atoms with Crippen molar-refractivity contribution in [1.29, 1.82) is 0 Å². The Kier molecular flexibility index (Phi) is 3.53. The molecular weight excluding hydrogens is 196 g/mol. The number of hydrogen-bond acceptors (Lipinski definition) is 4. The van der Waals surface area contributed by atoms with Crippen molar-refractivity contribution in [2.24, 2.45) is 5.73 Å². The number of nitrogens with two attached hydrogens (primary N) is 1. The van der Waals surface area contributed by atoms with Gasteiger partial charge >= 0.3 is 0 Å². The topological polar surface area (TPSA) is 38.5 Å². The molecule has 1 aliphatic rings. The van der Waals surface area contributed by atoms with Gasteiger partial charge in [-0.05, 0) is 22.4 Å². The molecule has 14 heavy (non-hydrogen) atoms. The molecule has 0 amide bonds. The Morgan fingerprint density at radius 2 is 2.57 bits per heavy atom. The Bertz CT molecular complexity index is 261. The molecule has 1 aromatic rings. The summed E-state index contributed by atoms with van der Waals surface area (Å²) in [6.07, 6.45) is 0.251. The van der Waals surface area contributed by atoms with Crippen molar-refractivity contribution in [3.8, 4) is 0 Å². The second kappa shape index (κ2) is 4.89. The van der Waals surface area contributed by atoms with Crippen molar-refractivity contribution in [1.82, 2.24) is 4.90 Å². The predicted molar refractivity (Wildman–Crippen MR) is 58.5 cm³/mol. The Morgan fingerprint density at radius 1 is 1.64 bits per heavy atom. The fraction of sp³-hybridized carbons (Fsp3) is 0.600. The molecule has 0 spiro atoms. The van der Waals surface area contributed by atoms with E-state index in [2.05, 4.69) is 21.7 Å². The third-order valence-electron chi connectivity index (χ3n) is 2.51. The van der Waals surface area contributed by atoms with Crippen LogP contribution in [0.2, 0.25) is 0 Å². The maximum absolute atomic E-state index is 5.72. The van der Waals surface area contributed by atoms with Gasteiger partial charge in [-0.15, -0.1) is 0 Å². The third-order valence-corrected chi connectivity index (χ3v) is 3.21. The lowest BCUT2D eigenvalue weighted by atomic mass is 10.1. The summed E-state index contributed by atoms with van der Waals surface area (Å²) in [5.41, 5.74) is 6.85. The molecule has 0 saturated carbocycles. The molecule has 0 aromatic carbocycles. The van der Waals surface area contributed by atoms with Crippen molar-refractivity contribution in [2.45, 2.75) is 6.10 Å². The normalized spacial score (nSPS) is 23.9. The molecule has 1 atom stereocenters. The summed E-state index contributed by atoms with van der Waals surface area (Å²) in [4.78, 5) is 2.37. The zero-order valence-corrected chi connectivity index (χ0v) is 9.00. The molecule has 0 bridgehead atoms. The smallest absolute Gasteiger partial charge is 0.0960 e. The van der Waals surface area contributed by atoms with Gasteiger partial charge in [0.1, 0.15) is 0 Å². The number of nitrogens with zero attached hydrogens (tertiary/aromatic N) is 1. The van der Waals surface area contributed by atoms with Gasteiger partial charge in [-0.25, -0.2) is 0 Å². The maximum atomic E-state index is 5.72. The summed E-state index contributed by atoms with van der Waals surface area (Å²) in [5.74, 6) is 0. The first-order chi connectivity index (χ1) is 6.90. The first-order valence-electron chi connectivity index (χ1n) is 4.96. The van der Waals surface area contributed by atoms with Crippen molar-refractivity contribution in [2.75, 3.05) is 32.8 Å². The quantitative estimate of drug-likeness (QED) is 0.815. The van der Waals surface area contributed by atoms with Gasteiger partial charge in [0.2, 0.25) is 0 Å². The van der Waals surface area contributed by atoms with Crippen molar-refractivity contribution in [3.63, 3.8) is 0 Å². The lowest BCUT2D eigenvalue weighted by Crippen LogP contribution is -2.40. The van der Waals surface area contributed by atoms with Crippen LogP contribution in [0.1, 0.15) is 11.7 Å². The van der Waals surface area contributed by atoms with Crippen LogP contribution in [0, 0.1) is 0 Å². The molecule has 2 N–H and O–H groups in total. The zero-order valence-electron chi connectivity index (χ0n) is 8.19. The van der Waals surface area contributed by atoms with E-state index in [9.17, 15) is 0 Å². The van der Waals surface area contributed by atoms with Crippen LogP contribution in [0.25, 0.3) is 0 Å². The van der Waals surface area contributed by atoms with E-state index in [-0.39, 0.29) is 6.10 Å². The van der Waals surface area contributed by atoms with Crippen molar-refractivity contribution < 1.29 is 4.74 Å². The summed E-state index contributed by atoms with van der Waals surface area (Å²) >= 11 is 1.72. The SMILES string of the molecule is NCCN1CCOC(c2ccsc2)C1. The fourth-order valence-electron chi connectivity index (χ4n) is 1.75. The summed E-state index contributed by atoms with van der Waals surface area (Å²) in [7, 11) is 0. The summed E-state index contributed by atoms with van der Waals surface area (Å²) in [5, 5.41) is 4.26. The van der Waals surface area contributed by atoms with Gasteiger partial charge in [-0.1, -0.05) is 0 Å². The highest BCUT2D eigenvalue weighted by molar-refractivity contribution is 7.07. The second-order valence-electron chi connectivity index (χ2n) is 3.51. The molecule has 0 radical (unpaired) electrons. The Balaban J connectivity index is 1.94. The molecule has 78 valence electrons. The molecule has 1 aromatic heterocycles. The monoisotopic (exact) mass is 212 g/mol. The van der Waals surface area contributed by atoms with E-state index in [1.807, 2.05) is 0 Å². The van der Waals surface area contributed by atoms with E-state index >= 15 is 0 Å². The summed E-state index contributed by atoms with van der Waals surface area (Å²) < 4.78 is 5.72. The minimum Gasteiger partial charge on any atom is -0.371 e. The molecule has 1 saturated heterocycles. The van der Waals surface area contributed by atoms with Gasteiger partial charge in [0, 0.05) is 26.2 Å². The molecule has 2 heterocycles. The van der Waals surface area contributed by atoms with Crippen LogP contribution in [-0.4, -0.2) is 37.7 Å². The lowest BCUT2D eigenvalue weighted by molar-refractivity contribution is -0.0286. The predicted octanol–water partition coefficient (Wildman–Crippen LogP) is 1.08. The largest absolute Gasteiger partial charge is 0.371 e. The highest BCUT2D eigenvalue weighted by atomic mass is 32.1. The first kappa shape index (κ1) is 10.1.